The molecule has 3 aliphatic rings. The smallest absolute Gasteiger partial charge is 0.341 e. The average molecular weight is 477 g/mol. The van der Waals surface area contributed by atoms with E-state index in [0.29, 0.717) is 11.5 Å². The predicted octanol–water partition coefficient (Wildman–Crippen LogP) is 6.37. The SMILES string of the molecule is Cc1cc2[nH]c(C)c(C(=O)OC(C)c3ccc(F)cc3)c2c2c1OC13CCCCN1CCCC3C2. The fourth-order valence-electron chi connectivity index (χ4n) is 6.75. The van der Waals surface area contributed by atoms with Crippen LogP contribution in [-0.4, -0.2) is 34.7 Å². The first-order valence-corrected chi connectivity index (χ1v) is 12.9. The van der Waals surface area contributed by atoms with Crippen LogP contribution in [0.25, 0.3) is 10.9 Å². The number of piperidine rings is 2. The van der Waals surface area contributed by atoms with Crippen molar-refractivity contribution in [1.82, 2.24) is 9.88 Å². The van der Waals surface area contributed by atoms with Crippen LogP contribution in [-0.2, 0) is 11.2 Å². The first kappa shape index (κ1) is 22.6. The maximum Gasteiger partial charge on any atom is 0.341 e. The highest BCUT2D eigenvalue weighted by Crippen LogP contribution is 2.51. The fraction of sp³-hybridized carbons (Fsp3) is 0.483. The number of carbonyl (C=O) groups excluding carboxylic acids is 1. The van der Waals surface area contributed by atoms with Gasteiger partial charge in [0.05, 0.1) is 5.56 Å². The molecular formula is C29H33FN2O3. The zero-order chi connectivity index (χ0) is 24.3. The van der Waals surface area contributed by atoms with E-state index < -0.39 is 6.10 Å². The molecular weight excluding hydrogens is 443 g/mol. The van der Waals surface area contributed by atoms with Gasteiger partial charge in [0.25, 0.3) is 0 Å². The Hall–Kier alpha value is -2.86. The third kappa shape index (κ3) is 3.56. The number of hydrogen-bond acceptors (Lipinski definition) is 4. The Labute approximate surface area is 205 Å². The van der Waals surface area contributed by atoms with Crippen LogP contribution in [0.4, 0.5) is 4.39 Å². The van der Waals surface area contributed by atoms with Gasteiger partial charge in [-0.1, -0.05) is 12.1 Å². The van der Waals surface area contributed by atoms with Gasteiger partial charge in [-0.3, -0.25) is 4.90 Å². The molecule has 2 aromatic carbocycles. The summed E-state index contributed by atoms with van der Waals surface area (Å²) < 4.78 is 26.2. The summed E-state index contributed by atoms with van der Waals surface area (Å²) in [7, 11) is 0. The number of aromatic nitrogens is 1. The molecule has 0 radical (unpaired) electrons. The number of aromatic amines is 1. The fourth-order valence-corrected chi connectivity index (χ4v) is 6.75. The third-order valence-corrected chi connectivity index (χ3v) is 8.43. The molecule has 5 nitrogen and oxygen atoms in total. The minimum absolute atomic E-state index is 0.203. The molecule has 0 aliphatic carbocycles. The van der Waals surface area contributed by atoms with Gasteiger partial charge in [-0.2, -0.15) is 0 Å². The zero-order valence-electron chi connectivity index (χ0n) is 20.7. The Kier molecular flexibility index (Phi) is 5.40. The minimum atomic E-state index is -0.484. The molecule has 1 spiro atoms. The van der Waals surface area contributed by atoms with Crippen molar-refractivity contribution in [2.24, 2.45) is 5.92 Å². The third-order valence-electron chi connectivity index (χ3n) is 8.43. The van der Waals surface area contributed by atoms with Crippen molar-refractivity contribution < 1.29 is 18.7 Å². The molecule has 2 saturated heterocycles. The van der Waals surface area contributed by atoms with Crippen LogP contribution in [0.15, 0.2) is 30.3 Å². The summed E-state index contributed by atoms with van der Waals surface area (Å²) in [5.41, 5.74) is 5.14. The number of nitrogens with zero attached hydrogens (tertiary/aromatic N) is 1. The molecule has 3 aromatic rings. The second-order valence-electron chi connectivity index (χ2n) is 10.6. The quantitative estimate of drug-likeness (QED) is 0.447. The standard InChI is InChI=1S/C29H33FN2O3/c1-17-15-24-26(23-16-21-7-6-14-32-13-5-4-12-29(21,32)35-27(17)23)25(18(2)31-24)28(33)34-19(3)20-8-10-22(30)11-9-20/h8-11,15,19,21,31H,4-7,12-14,16H2,1-3H3. The van der Waals surface area contributed by atoms with Gasteiger partial charge in [0.1, 0.15) is 17.7 Å². The molecule has 1 aromatic heterocycles. The molecule has 0 bridgehead atoms. The molecule has 4 heterocycles. The zero-order valence-corrected chi connectivity index (χ0v) is 20.7. The van der Waals surface area contributed by atoms with Crippen molar-refractivity contribution in [2.45, 2.75) is 71.1 Å². The van der Waals surface area contributed by atoms with E-state index in [4.69, 9.17) is 9.47 Å². The topological polar surface area (TPSA) is 54.6 Å². The van der Waals surface area contributed by atoms with Crippen LogP contribution in [0.5, 0.6) is 5.75 Å². The monoisotopic (exact) mass is 476 g/mol. The number of ether oxygens (including phenoxy) is 2. The number of aryl methyl sites for hydroxylation is 2. The Morgan fingerprint density at radius 1 is 1.20 bits per heavy atom. The number of nitrogens with one attached hydrogen (secondary N) is 1. The van der Waals surface area contributed by atoms with Crippen LogP contribution < -0.4 is 4.74 Å². The second kappa shape index (κ2) is 8.37. The first-order valence-electron chi connectivity index (χ1n) is 12.9. The molecule has 3 unspecified atom stereocenters. The molecule has 0 amide bonds. The van der Waals surface area contributed by atoms with E-state index in [1.165, 1.54) is 31.4 Å². The van der Waals surface area contributed by atoms with Gasteiger partial charge in [0, 0.05) is 47.6 Å². The number of fused-ring (bicyclic) bond motifs is 3. The Balaban J connectivity index is 1.41. The maximum absolute atomic E-state index is 13.5. The molecule has 1 N–H and O–H groups in total. The predicted molar refractivity (Wildman–Crippen MR) is 133 cm³/mol. The van der Waals surface area contributed by atoms with E-state index in [0.717, 1.165) is 71.4 Å². The lowest BCUT2D eigenvalue weighted by molar-refractivity contribution is -0.177. The molecule has 0 saturated carbocycles. The lowest BCUT2D eigenvalue weighted by Gasteiger charge is -2.56. The molecule has 184 valence electrons. The van der Waals surface area contributed by atoms with E-state index >= 15 is 0 Å². The van der Waals surface area contributed by atoms with E-state index in [9.17, 15) is 9.18 Å². The summed E-state index contributed by atoms with van der Waals surface area (Å²) in [6, 6.07) is 8.21. The Morgan fingerprint density at radius 3 is 2.77 bits per heavy atom. The van der Waals surface area contributed by atoms with Gasteiger partial charge < -0.3 is 14.5 Å². The van der Waals surface area contributed by atoms with E-state index in [-0.39, 0.29) is 17.5 Å². The van der Waals surface area contributed by atoms with E-state index in [2.05, 4.69) is 22.9 Å². The molecule has 3 aliphatic heterocycles. The number of esters is 1. The highest BCUT2D eigenvalue weighted by Gasteiger charge is 2.52. The maximum atomic E-state index is 13.5. The average Bonchev–Trinajstić information content (AvgIpc) is 3.18. The van der Waals surface area contributed by atoms with Gasteiger partial charge in [0.15, 0.2) is 5.72 Å². The normalized spacial score (nSPS) is 24.7. The molecule has 3 atom stereocenters. The molecule has 2 fully saturated rings. The number of H-pyrrole nitrogens is 1. The highest BCUT2D eigenvalue weighted by atomic mass is 19.1. The van der Waals surface area contributed by atoms with Crippen molar-refractivity contribution in [1.29, 1.82) is 0 Å². The number of carbonyl (C=O) groups is 1. The summed E-state index contributed by atoms with van der Waals surface area (Å²) in [6.45, 7) is 8.07. The number of hydrogen-bond donors (Lipinski definition) is 1. The number of halogens is 1. The van der Waals surface area contributed by atoms with E-state index in [1.54, 1.807) is 12.1 Å². The summed E-state index contributed by atoms with van der Waals surface area (Å²) >= 11 is 0. The van der Waals surface area contributed by atoms with Crippen molar-refractivity contribution >= 4 is 16.9 Å². The van der Waals surface area contributed by atoms with Crippen LogP contribution in [0.2, 0.25) is 0 Å². The van der Waals surface area contributed by atoms with Crippen molar-refractivity contribution in [3.05, 3.63) is 64.1 Å². The molecule has 6 heteroatoms. The van der Waals surface area contributed by atoms with E-state index in [1.807, 2.05) is 13.8 Å². The van der Waals surface area contributed by atoms with Crippen LogP contribution in [0, 0.1) is 25.6 Å². The largest absolute Gasteiger partial charge is 0.472 e. The first-order chi connectivity index (χ1) is 16.9. The summed E-state index contributed by atoms with van der Waals surface area (Å²) in [6.07, 6.45) is 6.28. The Morgan fingerprint density at radius 2 is 1.97 bits per heavy atom. The lowest BCUT2D eigenvalue weighted by atomic mass is 9.74. The second-order valence-corrected chi connectivity index (χ2v) is 10.6. The van der Waals surface area contributed by atoms with Crippen molar-refractivity contribution in [2.75, 3.05) is 13.1 Å². The molecule has 6 rings (SSSR count). The summed E-state index contributed by atoms with van der Waals surface area (Å²) in [4.78, 5) is 19.5. The van der Waals surface area contributed by atoms with Gasteiger partial charge in [-0.25, -0.2) is 9.18 Å². The van der Waals surface area contributed by atoms with Crippen LogP contribution in [0.3, 0.4) is 0 Å². The summed E-state index contributed by atoms with van der Waals surface area (Å²) in [5.74, 6) is 0.701. The lowest BCUT2D eigenvalue weighted by Crippen LogP contribution is -2.64. The van der Waals surface area contributed by atoms with Gasteiger partial charge in [0.2, 0.25) is 0 Å². The van der Waals surface area contributed by atoms with Crippen molar-refractivity contribution in [3.63, 3.8) is 0 Å². The highest BCUT2D eigenvalue weighted by molar-refractivity contribution is 6.08. The number of rotatable bonds is 3. The van der Waals surface area contributed by atoms with Gasteiger partial charge in [-0.15, -0.1) is 0 Å². The van der Waals surface area contributed by atoms with Crippen LogP contribution >= 0.6 is 0 Å². The number of benzene rings is 2. The van der Waals surface area contributed by atoms with Gasteiger partial charge in [-0.05, 0) is 82.2 Å². The Bertz CT molecular complexity index is 1300. The van der Waals surface area contributed by atoms with Crippen molar-refractivity contribution in [3.8, 4) is 5.75 Å². The van der Waals surface area contributed by atoms with Crippen LogP contribution in [0.1, 0.15) is 77.9 Å². The molecule has 35 heavy (non-hydrogen) atoms. The summed E-state index contributed by atoms with van der Waals surface area (Å²) in [5, 5.41) is 0.933. The minimum Gasteiger partial charge on any atom is -0.472 e. The van der Waals surface area contributed by atoms with Gasteiger partial charge >= 0.3 is 5.97 Å².